The Balaban J connectivity index is 1.71. The van der Waals surface area contributed by atoms with Crippen LogP contribution in [0, 0.1) is 6.92 Å². The first-order valence-electron chi connectivity index (χ1n) is 6.19. The minimum absolute atomic E-state index is 0.568. The Morgan fingerprint density at radius 1 is 1.28 bits per heavy atom. The highest BCUT2D eigenvalue weighted by Crippen LogP contribution is 2.12. The highest BCUT2D eigenvalue weighted by molar-refractivity contribution is 5.26. The van der Waals surface area contributed by atoms with E-state index in [9.17, 15) is 0 Å². The highest BCUT2D eigenvalue weighted by Gasteiger charge is 1.96. The van der Waals surface area contributed by atoms with Crippen LogP contribution in [0.15, 0.2) is 36.7 Å². The van der Waals surface area contributed by atoms with Gasteiger partial charge in [-0.3, -0.25) is 4.68 Å². The van der Waals surface area contributed by atoms with Gasteiger partial charge in [0.2, 0.25) is 0 Å². The number of hydrogen-bond donors (Lipinski definition) is 1. The van der Waals surface area contributed by atoms with Gasteiger partial charge in [-0.1, -0.05) is 12.1 Å². The molecular formula is C14H19N3O. The van der Waals surface area contributed by atoms with Gasteiger partial charge in [0.05, 0.1) is 12.8 Å². The molecular weight excluding hydrogens is 226 g/mol. The molecule has 0 spiro atoms. The topological polar surface area (TPSA) is 53.1 Å². The molecule has 0 saturated carbocycles. The van der Waals surface area contributed by atoms with E-state index in [0.29, 0.717) is 13.2 Å². The molecule has 1 aromatic heterocycles. The Hall–Kier alpha value is -1.81. The Bertz CT molecular complexity index is 476. The van der Waals surface area contributed by atoms with Crippen LogP contribution in [0.1, 0.15) is 17.5 Å². The average Bonchev–Trinajstić information content (AvgIpc) is 2.81. The van der Waals surface area contributed by atoms with Crippen molar-refractivity contribution >= 4 is 0 Å². The van der Waals surface area contributed by atoms with Crippen molar-refractivity contribution in [1.82, 2.24) is 9.78 Å². The van der Waals surface area contributed by atoms with E-state index >= 15 is 0 Å². The second-order valence-corrected chi connectivity index (χ2v) is 4.33. The molecule has 4 nitrogen and oxygen atoms in total. The molecule has 1 aromatic carbocycles. The van der Waals surface area contributed by atoms with Crippen molar-refractivity contribution in [3.05, 3.63) is 47.8 Å². The summed E-state index contributed by atoms with van der Waals surface area (Å²) >= 11 is 0. The minimum Gasteiger partial charge on any atom is -0.494 e. The molecule has 0 atom stereocenters. The van der Waals surface area contributed by atoms with Crippen LogP contribution in [0.3, 0.4) is 0 Å². The maximum absolute atomic E-state index is 5.65. The molecule has 0 fully saturated rings. The monoisotopic (exact) mass is 245 g/mol. The van der Waals surface area contributed by atoms with E-state index in [2.05, 4.69) is 5.10 Å². The second-order valence-electron chi connectivity index (χ2n) is 4.33. The molecule has 0 saturated heterocycles. The molecule has 0 aliphatic rings. The van der Waals surface area contributed by atoms with Gasteiger partial charge >= 0.3 is 0 Å². The lowest BCUT2D eigenvalue weighted by Gasteiger charge is -2.06. The first-order valence-corrected chi connectivity index (χ1v) is 6.19. The molecule has 0 aliphatic carbocycles. The maximum atomic E-state index is 5.65. The molecule has 2 aromatic rings. The quantitative estimate of drug-likeness (QED) is 0.793. The van der Waals surface area contributed by atoms with E-state index in [1.54, 1.807) is 0 Å². The molecule has 2 N–H and O–H groups in total. The molecule has 2 rings (SSSR count). The fourth-order valence-corrected chi connectivity index (χ4v) is 1.73. The number of nitrogens with zero attached hydrogens (tertiary/aromatic N) is 2. The van der Waals surface area contributed by atoms with Crippen LogP contribution >= 0.6 is 0 Å². The summed E-state index contributed by atoms with van der Waals surface area (Å²) in [5, 5.41) is 4.23. The summed E-state index contributed by atoms with van der Waals surface area (Å²) < 4.78 is 7.59. The van der Waals surface area contributed by atoms with Crippen molar-refractivity contribution in [3.8, 4) is 5.75 Å². The van der Waals surface area contributed by atoms with Crippen molar-refractivity contribution in [2.75, 3.05) is 6.61 Å². The Morgan fingerprint density at radius 3 is 2.67 bits per heavy atom. The lowest BCUT2D eigenvalue weighted by Crippen LogP contribution is -2.05. The van der Waals surface area contributed by atoms with Gasteiger partial charge in [-0.15, -0.1) is 0 Å². The first-order chi connectivity index (χ1) is 8.78. The van der Waals surface area contributed by atoms with Crippen LogP contribution in [0.4, 0.5) is 0 Å². The molecule has 0 amide bonds. The predicted molar refractivity (Wildman–Crippen MR) is 71.4 cm³/mol. The van der Waals surface area contributed by atoms with Gasteiger partial charge in [0.15, 0.2) is 0 Å². The van der Waals surface area contributed by atoms with E-state index in [0.717, 1.165) is 24.3 Å². The van der Waals surface area contributed by atoms with E-state index in [1.165, 1.54) is 5.56 Å². The van der Waals surface area contributed by atoms with Crippen molar-refractivity contribution in [2.24, 2.45) is 5.73 Å². The van der Waals surface area contributed by atoms with E-state index in [1.807, 2.05) is 48.3 Å². The molecule has 0 bridgehead atoms. The lowest BCUT2D eigenvalue weighted by molar-refractivity contribution is 0.298. The zero-order valence-corrected chi connectivity index (χ0v) is 10.7. The SMILES string of the molecule is Cc1cnn(CCCOc2ccc(CN)cc2)c1. The van der Waals surface area contributed by atoms with Crippen molar-refractivity contribution in [1.29, 1.82) is 0 Å². The highest BCUT2D eigenvalue weighted by atomic mass is 16.5. The molecule has 0 unspecified atom stereocenters. The third-order valence-electron chi connectivity index (χ3n) is 2.72. The maximum Gasteiger partial charge on any atom is 0.119 e. The third-order valence-corrected chi connectivity index (χ3v) is 2.72. The number of nitrogens with two attached hydrogens (primary N) is 1. The lowest BCUT2D eigenvalue weighted by atomic mass is 10.2. The van der Waals surface area contributed by atoms with Crippen LogP contribution in [0.2, 0.25) is 0 Å². The molecule has 96 valence electrons. The number of aromatic nitrogens is 2. The number of aryl methyl sites for hydroxylation is 2. The molecule has 1 heterocycles. The van der Waals surface area contributed by atoms with Crippen molar-refractivity contribution < 1.29 is 4.74 Å². The smallest absolute Gasteiger partial charge is 0.119 e. The summed E-state index contributed by atoms with van der Waals surface area (Å²) in [6.07, 6.45) is 4.85. The van der Waals surface area contributed by atoms with Gasteiger partial charge in [0.25, 0.3) is 0 Å². The number of ether oxygens (including phenoxy) is 1. The third kappa shape index (κ3) is 3.60. The van der Waals surface area contributed by atoms with Gasteiger partial charge in [-0.05, 0) is 30.2 Å². The fraction of sp³-hybridized carbons (Fsp3) is 0.357. The van der Waals surface area contributed by atoms with E-state index in [4.69, 9.17) is 10.5 Å². The predicted octanol–water partition coefficient (Wildman–Crippen LogP) is 2.12. The Labute approximate surface area is 107 Å². The van der Waals surface area contributed by atoms with Crippen LogP contribution in [0.5, 0.6) is 5.75 Å². The molecule has 18 heavy (non-hydrogen) atoms. The minimum atomic E-state index is 0.568. The number of rotatable bonds is 6. The standard InChI is InChI=1S/C14H19N3O/c1-12-10-16-17(11-12)7-2-8-18-14-5-3-13(9-15)4-6-14/h3-6,10-11H,2,7-9,15H2,1H3. The van der Waals surface area contributed by atoms with Crippen molar-refractivity contribution in [3.63, 3.8) is 0 Å². The zero-order chi connectivity index (χ0) is 12.8. The van der Waals surface area contributed by atoms with Crippen LogP contribution < -0.4 is 10.5 Å². The summed E-state index contributed by atoms with van der Waals surface area (Å²) in [5.41, 5.74) is 7.85. The van der Waals surface area contributed by atoms with Gasteiger partial charge in [0.1, 0.15) is 5.75 Å². The van der Waals surface area contributed by atoms with Crippen molar-refractivity contribution in [2.45, 2.75) is 26.4 Å². The number of benzene rings is 1. The summed E-state index contributed by atoms with van der Waals surface area (Å²) in [7, 11) is 0. The van der Waals surface area contributed by atoms with Crippen LogP contribution in [0.25, 0.3) is 0 Å². The fourth-order valence-electron chi connectivity index (χ4n) is 1.73. The summed E-state index contributed by atoms with van der Waals surface area (Å²) in [4.78, 5) is 0. The van der Waals surface area contributed by atoms with E-state index in [-0.39, 0.29) is 0 Å². The Kier molecular flexibility index (Phi) is 4.36. The summed E-state index contributed by atoms with van der Waals surface area (Å²) in [6, 6.07) is 7.90. The van der Waals surface area contributed by atoms with Gasteiger partial charge < -0.3 is 10.5 Å². The van der Waals surface area contributed by atoms with Gasteiger partial charge in [0, 0.05) is 25.7 Å². The van der Waals surface area contributed by atoms with E-state index < -0.39 is 0 Å². The van der Waals surface area contributed by atoms with Crippen LogP contribution in [-0.4, -0.2) is 16.4 Å². The average molecular weight is 245 g/mol. The summed E-state index contributed by atoms with van der Waals surface area (Å²) in [5.74, 6) is 0.892. The number of hydrogen-bond acceptors (Lipinski definition) is 3. The first kappa shape index (κ1) is 12.6. The second kappa shape index (κ2) is 6.21. The van der Waals surface area contributed by atoms with Crippen LogP contribution in [-0.2, 0) is 13.1 Å². The van der Waals surface area contributed by atoms with Gasteiger partial charge in [-0.25, -0.2) is 0 Å². The largest absolute Gasteiger partial charge is 0.494 e. The normalized spacial score (nSPS) is 10.6. The molecule has 0 aliphatic heterocycles. The molecule has 0 radical (unpaired) electrons. The molecule has 4 heteroatoms. The summed E-state index contributed by atoms with van der Waals surface area (Å²) in [6.45, 7) is 4.19. The Morgan fingerprint density at radius 2 is 2.06 bits per heavy atom. The zero-order valence-electron chi connectivity index (χ0n) is 10.7. The van der Waals surface area contributed by atoms with Gasteiger partial charge in [-0.2, -0.15) is 5.10 Å².